The van der Waals surface area contributed by atoms with Crippen molar-refractivity contribution in [2.75, 3.05) is 0 Å². The third kappa shape index (κ3) is 4.11. The first-order valence-corrected chi connectivity index (χ1v) is 10.8. The number of likely N-dealkylation sites (tertiary alicyclic amines) is 1. The third-order valence-corrected chi connectivity index (χ3v) is 6.18. The number of para-hydroxylation sites is 1. The topological polar surface area (TPSA) is 78.1 Å². The molecule has 0 radical (unpaired) electrons. The number of piperidine rings is 1. The van der Waals surface area contributed by atoms with E-state index in [1.807, 2.05) is 46.0 Å². The molecule has 6 nitrogen and oxygen atoms in total. The van der Waals surface area contributed by atoms with Gasteiger partial charge in [-0.2, -0.15) is 5.26 Å². The summed E-state index contributed by atoms with van der Waals surface area (Å²) in [6.07, 6.45) is 8.69. The van der Waals surface area contributed by atoms with Crippen molar-refractivity contribution >= 4 is 28.8 Å². The van der Waals surface area contributed by atoms with Crippen LogP contribution in [0.3, 0.4) is 0 Å². The highest BCUT2D eigenvalue weighted by molar-refractivity contribution is 6.04. The molecule has 2 aromatic rings. The van der Waals surface area contributed by atoms with Gasteiger partial charge in [0.2, 0.25) is 5.91 Å². The zero-order valence-corrected chi connectivity index (χ0v) is 17.6. The summed E-state index contributed by atoms with van der Waals surface area (Å²) in [5.41, 5.74) is 1.80. The van der Waals surface area contributed by atoms with Crippen molar-refractivity contribution in [2.24, 2.45) is 0 Å². The fraction of sp³-hybridized carbons (Fsp3) is 0.458. The van der Waals surface area contributed by atoms with Gasteiger partial charge >= 0.3 is 0 Å². The van der Waals surface area contributed by atoms with Crippen LogP contribution in [0, 0.1) is 11.3 Å². The smallest absolute Gasteiger partial charge is 0.262 e. The summed E-state index contributed by atoms with van der Waals surface area (Å²) in [7, 11) is 0. The molecule has 2 atom stereocenters. The first kappa shape index (κ1) is 20.2. The molecule has 1 aromatic carbocycles. The number of nitrogens with zero attached hydrogens (tertiary/aromatic N) is 3. The highest BCUT2D eigenvalue weighted by atomic mass is 16.2. The first-order valence-electron chi connectivity index (χ1n) is 10.8. The van der Waals surface area contributed by atoms with Crippen molar-refractivity contribution < 1.29 is 9.59 Å². The van der Waals surface area contributed by atoms with Crippen molar-refractivity contribution in [2.45, 2.75) is 70.6 Å². The predicted octanol–water partition coefficient (Wildman–Crippen LogP) is 3.62. The molecule has 1 aliphatic heterocycles. The SMILES string of the molecule is C[C@@H]1CCC[C@H](C)N1C(=O)Cn1cc(/C=C(\C#N)C(=O)NC2CC2)c2ccccc21. The van der Waals surface area contributed by atoms with Gasteiger partial charge in [0.15, 0.2) is 0 Å². The molecular weight excluding hydrogens is 376 g/mol. The van der Waals surface area contributed by atoms with E-state index in [-0.39, 0.29) is 42.1 Å². The highest BCUT2D eigenvalue weighted by Crippen LogP contribution is 2.27. The van der Waals surface area contributed by atoms with Crippen LogP contribution >= 0.6 is 0 Å². The number of nitriles is 1. The molecule has 0 bridgehead atoms. The van der Waals surface area contributed by atoms with Crippen molar-refractivity contribution in [1.82, 2.24) is 14.8 Å². The largest absolute Gasteiger partial charge is 0.349 e. The summed E-state index contributed by atoms with van der Waals surface area (Å²) >= 11 is 0. The maximum absolute atomic E-state index is 13.1. The summed E-state index contributed by atoms with van der Waals surface area (Å²) in [6, 6.07) is 10.5. The molecule has 2 amide bonds. The van der Waals surface area contributed by atoms with E-state index in [0.29, 0.717) is 0 Å². The second-order valence-electron chi connectivity index (χ2n) is 8.58. The average Bonchev–Trinajstić information content (AvgIpc) is 3.47. The van der Waals surface area contributed by atoms with E-state index in [9.17, 15) is 14.9 Å². The maximum Gasteiger partial charge on any atom is 0.262 e. The van der Waals surface area contributed by atoms with E-state index in [0.717, 1.165) is 48.6 Å². The molecule has 30 heavy (non-hydrogen) atoms. The Morgan fingerprint density at radius 1 is 1.17 bits per heavy atom. The van der Waals surface area contributed by atoms with E-state index in [1.54, 1.807) is 6.08 Å². The number of hydrogen-bond acceptors (Lipinski definition) is 3. The van der Waals surface area contributed by atoms with Gasteiger partial charge in [-0.1, -0.05) is 18.2 Å². The standard InChI is InChI=1S/C24H28N4O2/c1-16-6-5-7-17(2)28(16)23(29)15-27-14-19(21-8-3-4-9-22(21)27)12-18(13-25)24(30)26-20-10-11-20/h3-4,8-9,12,14,16-17,20H,5-7,10-11,15H2,1-2H3,(H,26,30)/b18-12+/t16-,17+. The van der Waals surface area contributed by atoms with Gasteiger partial charge in [-0.05, 0) is 58.1 Å². The van der Waals surface area contributed by atoms with Gasteiger partial charge in [-0.3, -0.25) is 9.59 Å². The molecule has 156 valence electrons. The lowest BCUT2D eigenvalue weighted by atomic mass is 9.97. The second kappa shape index (κ2) is 8.35. The zero-order valence-electron chi connectivity index (χ0n) is 17.6. The summed E-state index contributed by atoms with van der Waals surface area (Å²) in [6.45, 7) is 4.49. The van der Waals surface area contributed by atoms with E-state index in [4.69, 9.17) is 0 Å². The van der Waals surface area contributed by atoms with Crippen LogP contribution in [0.25, 0.3) is 17.0 Å². The molecule has 2 fully saturated rings. The lowest BCUT2D eigenvalue weighted by Crippen LogP contribution is -2.48. The molecular formula is C24H28N4O2. The Morgan fingerprint density at radius 2 is 1.87 bits per heavy atom. The first-order chi connectivity index (χ1) is 14.5. The molecule has 1 saturated carbocycles. The van der Waals surface area contributed by atoms with Crippen molar-refractivity contribution in [3.8, 4) is 6.07 Å². The minimum Gasteiger partial charge on any atom is -0.349 e. The van der Waals surface area contributed by atoms with Crippen LogP contribution in [0.5, 0.6) is 0 Å². The van der Waals surface area contributed by atoms with Crippen molar-refractivity contribution in [1.29, 1.82) is 5.26 Å². The van der Waals surface area contributed by atoms with Gasteiger partial charge in [-0.25, -0.2) is 0 Å². The minimum atomic E-state index is -0.330. The number of fused-ring (bicyclic) bond motifs is 1. The molecule has 1 saturated heterocycles. The Hall–Kier alpha value is -3.07. The number of carbonyl (C=O) groups excluding carboxylic acids is 2. The van der Waals surface area contributed by atoms with E-state index < -0.39 is 0 Å². The molecule has 6 heteroatoms. The molecule has 1 N–H and O–H groups in total. The Balaban J connectivity index is 1.63. The molecule has 2 heterocycles. The number of carbonyl (C=O) groups is 2. The van der Waals surface area contributed by atoms with Crippen LogP contribution in [-0.4, -0.2) is 39.4 Å². The number of hydrogen-bond donors (Lipinski definition) is 1. The number of amides is 2. The van der Waals surface area contributed by atoms with Gasteiger partial charge in [0, 0.05) is 40.8 Å². The maximum atomic E-state index is 13.1. The third-order valence-electron chi connectivity index (χ3n) is 6.18. The van der Waals surface area contributed by atoms with Crippen LogP contribution in [0.4, 0.5) is 0 Å². The lowest BCUT2D eigenvalue weighted by molar-refractivity contribution is -0.137. The number of nitrogens with one attached hydrogen (secondary N) is 1. The Morgan fingerprint density at radius 3 is 2.53 bits per heavy atom. The molecule has 4 rings (SSSR count). The monoisotopic (exact) mass is 404 g/mol. The van der Waals surface area contributed by atoms with Gasteiger partial charge < -0.3 is 14.8 Å². The van der Waals surface area contributed by atoms with Crippen LogP contribution in [0.1, 0.15) is 51.5 Å². The molecule has 1 aromatic heterocycles. The van der Waals surface area contributed by atoms with Crippen molar-refractivity contribution in [3.63, 3.8) is 0 Å². The minimum absolute atomic E-state index is 0.0920. The number of aromatic nitrogens is 1. The predicted molar refractivity (Wildman–Crippen MR) is 116 cm³/mol. The van der Waals surface area contributed by atoms with E-state index in [2.05, 4.69) is 19.2 Å². The van der Waals surface area contributed by atoms with Crippen LogP contribution in [-0.2, 0) is 16.1 Å². The molecule has 0 spiro atoms. The Kier molecular flexibility index (Phi) is 5.63. The molecule has 1 aliphatic carbocycles. The average molecular weight is 405 g/mol. The highest BCUT2D eigenvalue weighted by Gasteiger charge is 2.29. The number of benzene rings is 1. The van der Waals surface area contributed by atoms with Gasteiger partial charge in [0.1, 0.15) is 18.2 Å². The summed E-state index contributed by atoms with van der Waals surface area (Å²) in [5.74, 6) is -0.221. The van der Waals surface area contributed by atoms with Crippen LogP contribution < -0.4 is 5.32 Å². The normalized spacial score (nSPS) is 22.0. The second-order valence-corrected chi connectivity index (χ2v) is 8.58. The summed E-state index contributed by atoms with van der Waals surface area (Å²) < 4.78 is 1.94. The number of rotatable bonds is 5. The zero-order chi connectivity index (χ0) is 21.3. The van der Waals surface area contributed by atoms with Gasteiger partial charge in [-0.15, -0.1) is 0 Å². The van der Waals surface area contributed by atoms with E-state index >= 15 is 0 Å². The van der Waals surface area contributed by atoms with E-state index in [1.165, 1.54) is 0 Å². The fourth-order valence-electron chi connectivity index (χ4n) is 4.46. The summed E-state index contributed by atoms with van der Waals surface area (Å²) in [5, 5.41) is 13.3. The Labute approximate surface area is 177 Å². The summed E-state index contributed by atoms with van der Waals surface area (Å²) in [4.78, 5) is 27.5. The van der Waals surface area contributed by atoms with Gasteiger partial charge in [0.05, 0.1) is 0 Å². The van der Waals surface area contributed by atoms with Crippen LogP contribution in [0.2, 0.25) is 0 Å². The van der Waals surface area contributed by atoms with Crippen LogP contribution in [0.15, 0.2) is 36.0 Å². The molecule has 0 unspecified atom stereocenters. The quantitative estimate of drug-likeness (QED) is 0.611. The lowest BCUT2D eigenvalue weighted by Gasteiger charge is -2.39. The Bertz CT molecular complexity index is 1030. The molecule has 2 aliphatic rings. The van der Waals surface area contributed by atoms with Crippen molar-refractivity contribution in [3.05, 3.63) is 41.6 Å². The fourth-order valence-corrected chi connectivity index (χ4v) is 4.46. The van der Waals surface area contributed by atoms with Gasteiger partial charge in [0.25, 0.3) is 5.91 Å².